The fourth-order valence-corrected chi connectivity index (χ4v) is 4.31. The summed E-state index contributed by atoms with van der Waals surface area (Å²) in [5.41, 5.74) is 0.291. The van der Waals surface area contributed by atoms with Gasteiger partial charge in [-0.3, -0.25) is 0 Å². The summed E-state index contributed by atoms with van der Waals surface area (Å²) in [6.45, 7) is 0. The smallest absolute Gasteiger partial charge is 0.159 e. The number of ether oxygens (including phenoxy) is 1. The van der Waals surface area contributed by atoms with Gasteiger partial charge < -0.3 is 4.74 Å². The predicted octanol–water partition coefficient (Wildman–Crippen LogP) is 8.03. The van der Waals surface area contributed by atoms with Crippen LogP contribution in [0.4, 0.5) is 22.0 Å². The van der Waals surface area contributed by atoms with Crippen LogP contribution < -0.4 is 4.74 Å². The van der Waals surface area contributed by atoms with Gasteiger partial charge in [-0.2, -0.15) is 0 Å². The molecule has 0 heterocycles. The lowest BCUT2D eigenvalue weighted by Crippen LogP contribution is -1.99. The van der Waals surface area contributed by atoms with E-state index in [1.54, 1.807) is 36.4 Å². The largest absolute Gasteiger partial charge is 0.497 e. The summed E-state index contributed by atoms with van der Waals surface area (Å²) >= 11 is 0. The van der Waals surface area contributed by atoms with Crippen molar-refractivity contribution in [2.45, 2.75) is 0 Å². The number of methoxy groups -OCH3 is 1. The minimum atomic E-state index is -1.22. The molecule has 6 heteroatoms. The molecule has 5 rings (SSSR count). The van der Waals surface area contributed by atoms with Crippen LogP contribution in [0.2, 0.25) is 0 Å². The highest BCUT2D eigenvalue weighted by Gasteiger charge is 2.25. The van der Waals surface area contributed by atoms with Gasteiger partial charge in [-0.1, -0.05) is 42.5 Å². The third kappa shape index (κ3) is 3.30. The standard InChI is InChI=1S/C27H15F5O/c1-33-15-10-22(31)27(23(32)11-15)26-18-13-21(30)20(29)12-17(18)24(14-6-3-2-4-7-14)16-8-5-9-19(28)25(16)26/h2-13H,1H3. The Balaban J connectivity index is 2.08. The van der Waals surface area contributed by atoms with Crippen molar-refractivity contribution in [1.29, 1.82) is 0 Å². The van der Waals surface area contributed by atoms with E-state index in [9.17, 15) is 8.78 Å². The lowest BCUT2D eigenvalue weighted by molar-refractivity contribution is 0.407. The quantitative estimate of drug-likeness (QED) is 0.200. The molecular weight excluding hydrogens is 435 g/mol. The average Bonchev–Trinajstić information content (AvgIpc) is 2.80. The van der Waals surface area contributed by atoms with Crippen LogP contribution in [0, 0.1) is 29.1 Å². The van der Waals surface area contributed by atoms with Crippen LogP contribution in [0.1, 0.15) is 0 Å². The van der Waals surface area contributed by atoms with Gasteiger partial charge in [0.1, 0.15) is 23.2 Å². The molecule has 0 fully saturated rings. The van der Waals surface area contributed by atoms with Gasteiger partial charge in [0.25, 0.3) is 0 Å². The summed E-state index contributed by atoms with van der Waals surface area (Å²) in [4.78, 5) is 0. The van der Waals surface area contributed by atoms with Crippen molar-refractivity contribution in [2.75, 3.05) is 7.11 Å². The number of rotatable bonds is 3. The molecule has 33 heavy (non-hydrogen) atoms. The molecule has 0 saturated heterocycles. The first-order valence-corrected chi connectivity index (χ1v) is 10.0. The van der Waals surface area contributed by atoms with E-state index in [0.29, 0.717) is 16.5 Å². The molecule has 0 aliphatic carbocycles. The second kappa shape index (κ2) is 7.89. The SMILES string of the molecule is COc1cc(F)c(-c2c3cc(F)c(F)cc3c(-c3ccccc3)c3cccc(F)c23)c(F)c1. The molecule has 0 spiro atoms. The van der Waals surface area contributed by atoms with E-state index in [4.69, 9.17) is 4.74 Å². The Labute approximate surface area is 185 Å². The third-order valence-corrected chi connectivity index (χ3v) is 5.70. The third-order valence-electron chi connectivity index (χ3n) is 5.70. The second-order valence-electron chi connectivity index (χ2n) is 7.56. The molecule has 0 aromatic heterocycles. The van der Waals surface area contributed by atoms with Gasteiger partial charge in [-0.25, -0.2) is 22.0 Å². The molecule has 1 nitrogen and oxygen atoms in total. The van der Waals surface area contributed by atoms with E-state index in [1.807, 2.05) is 0 Å². The Hall–Kier alpha value is -3.93. The van der Waals surface area contributed by atoms with Crippen LogP contribution in [-0.2, 0) is 0 Å². The van der Waals surface area contributed by atoms with E-state index in [0.717, 1.165) is 30.3 Å². The van der Waals surface area contributed by atoms with E-state index >= 15 is 13.2 Å². The fourth-order valence-electron chi connectivity index (χ4n) is 4.31. The molecule has 5 aromatic rings. The molecule has 0 aliphatic heterocycles. The van der Waals surface area contributed by atoms with Crippen LogP contribution in [0.15, 0.2) is 72.8 Å². The molecule has 0 N–H and O–H groups in total. The molecule has 0 aliphatic rings. The summed E-state index contributed by atoms with van der Waals surface area (Å²) in [5.74, 6) is -5.20. The Kier molecular flexibility index (Phi) is 5.01. The Morgan fingerprint density at radius 1 is 0.515 bits per heavy atom. The van der Waals surface area contributed by atoms with Gasteiger partial charge in [-0.15, -0.1) is 0 Å². The summed E-state index contributed by atoms with van der Waals surface area (Å²) in [7, 11) is 1.26. The lowest BCUT2D eigenvalue weighted by Gasteiger charge is -2.19. The Morgan fingerprint density at radius 2 is 1.12 bits per heavy atom. The topological polar surface area (TPSA) is 9.23 Å². The molecule has 0 amide bonds. The zero-order valence-electron chi connectivity index (χ0n) is 17.2. The summed E-state index contributed by atoms with van der Waals surface area (Å²) in [6, 6.07) is 16.7. The summed E-state index contributed by atoms with van der Waals surface area (Å²) in [6.07, 6.45) is 0. The van der Waals surface area contributed by atoms with Crippen molar-refractivity contribution in [3.63, 3.8) is 0 Å². The zero-order valence-corrected chi connectivity index (χ0v) is 17.2. The second-order valence-corrected chi connectivity index (χ2v) is 7.56. The molecule has 0 unspecified atom stereocenters. The molecule has 164 valence electrons. The molecule has 0 bridgehead atoms. The highest BCUT2D eigenvalue weighted by atomic mass is 19.2. The minimum Gasteiger partial charge on any atom is -0.497 e. The van der Waals surface area contributed by atoms with Crippen molar-refractivity contribution in [3.8, 4) is 28.0 Å². The van der Waals surface area contributed by atoms with E-state index < -0.39 is 34.6 Å². The van der Waals surface area contributed by atoms with Gasteiger partial charge in [0.2, 0.25) is 0 Å². The minimum absolute atomic E-state index is 0.0201. The first-order valence-electron chi connectivity index (χ1n) is 10.0. The van der Waals surface area contributed by atoms with Gasteiger partial charge in [-0.05, 0) is 45.5 Å². The van der Waals surface area contributed by atoms with Crippen LogP contribution in [-0.4, -0.2) is 7.11 Å². The van der Waals surface area contributed by atoms with Gasteiger partial charge in [0.15, 0.2) is 11.6 Å². The number of hydrogen-bond donors (Lipinski definition) is 0. The van der Waals surface area contributed by atoms with Crippen LogP contribution in [0.5, 0.6) is 5.75 Å². The summed E-state index contributed by atoms with van der Waals surface area (Å²) in [5, 5.41) is 0.387. The van der Waals surface area contributed by atoms with Crippen LogP contribution in [0.3, 0.4) is 0 Å². The van der Waals surface area contributed by atoms with Crippen LogP contribution >= 0.6 is 0 Å². The maximum atomic E-state index is 15.3. The maximum Gasteiger partial charge on any atom is 0.159 e. The number of benzene rings is 5. The van der Waals surface area contributed by atoms with E-state index in [1.165, 1.54) is 13.2 Å². The summed E-state index contributed by atoms with van der Waals surface area (Å²) < 4.78 is 79.4. The fraction of sp³-hybridized carbons (Fsp3) is 0.0370. The van der Waals surface area contributed by atoms with E-state index in [-0.39, 0.29) is 27.5 Å². The van der Waals surface area contributed by atoms with Gasteiger partial charge >= 0.3 is 0 Å². The molecular formula is C27H15F5O. The van der Waals surface area contributed by atoms with Crippen molar-refractivity contribution in [1.82, 2.24) is 0 Å². The Bertz CT molecular complexity index is 1520. The molecule has 0 radical (unpaired) electrons. The zero-order chi connectivity index (χ0) is 23.3. The molecule has 5 aromatic carbocycles. The highest BCUT2D eigenvalue weighted by molar-refractivity contribution is 6.21. The first-order chi connectivity index (χ1) is 15.9. The normalized spacial score (nSPS) is 11.3. The predicted molar refractivity (Wildman–Crippen MR) is 119 cm³/mol. The maximum absolute atomic E-state index is 15.3. The number of fused-ring (bicyclic) bond motifs is 2. The lowest BCUT2D eigenvalue weighted by atomic mass is 9.85. The number of hydrogen-bond acceptors (Lipinski definition) is 1. The Morgan fingerprint density at radius 3 is 1.73 bits per heavy atom. The molecule has 0 atom stereocenters. The monoisotopic (exact) mass is 450 g/mol. The highest BCUT2D eigenvalue weighted by Crippen LogP contribution is 2.46. The first kappa shape index (κ1) is 20.9. The van der Waals surface area contributed by atoms with Crippen LogP contribution in [0.25, 0.3) is 43.8 Å². The molecule has 0 saturated carbocycles. The van der Waals surface area contributed by atoms with E-state index in [2.05, 4.69) is 0 Å². The van der Waals surface area contributed by atoms with Crippen molar-refractivity contribution >= 4 is 21.5 Å². The van der Waals surface area contributed by atoms with Gasteiger partial charge in [0.05, 0.1) is 12.7 Å². The number of halogens is 5. The van der Waals surface area contributed by atoms with Crippen molar-refractivity contribution < 1.29 is 26.7 Å². The average molecular weight is 450 g/mol. The van der Waals surface area contributed by atoms with Gasteiger partial charge in [0, 0.05) is 23.1 Å². The van der Waals surface area contributed by atoms with Crippen molar-refractivity contribution in [2.24, 2.45) is 0 Å². The van der Waals surface area contributed by atoms with Crippen molar-refractivity contribution in [3.05, 3.63) is 102 Å².